The Morgan fingerprint density at radius 2 is 2.19 bits per heavy atom. The van der Waals surface area contributed by atoms with Crippen LogP contribution in [0.15, 0.2) is 28.7 Å². The molecule has 0 aromatic carbocycles. The van der Waals surface area contributed by atoms with Gasteiger partial charge in [0.25, 0.3) is 0 Å². The van der Waals surface area contributed by atoms with E-state index >= 15 is 0 Å². The topological polar surface area (TPSA) is 84.0 Å². The highest BCUT2D eigenvalue weighted by Crippen LogP contribution is 2.22. The van der Waals surface area contributed by atoms with Crippen molar-refractivity contribution in [3.63, 3.8) is 0 Å². The molecule has 0 unspecified atom stereocenters. The van der Waals surface area contributed by atoms with Gasteiger partial charge in [-0.15, -0.1) is 11.3 Å². The van der Waals surface area contributed by atoms with Gasteiger partial charge in [-0.25, -0.2) is 23.1 Å². The van der Waals surface area contributed by atoms with Gasteiger partial charge in [0.15, 0.2) is 0 Å². The number of rotatable bonds is 7. The van der Waals surface area contributed by atoms with E-state index < -0.39 is 10.0 Å². The standard InChI is InChI=1S/C12H15ClN4O2S2/c1-2-14-12-10(13)7-9(8-16-12)21(18,19)17-4-3-11-15-5-6-20-11/h5-8,17H,2-4H2,1H3,(H,14,16). The van der Waals surface area contributed by atoms with Crippen molar-refractivity contribution in [2.75, 3.05) is 18.4 Å². The van der Waals surface area contributed by atoms with Gasteiger partial charge in [-0.2, -0.15) is 0 Å². The molecule has 0 fully saturated rings. The predicted octanol–water partition coefficient (Wildman–Crippen LogP) is 2.14. The molecule has 0 saturated heterocycles. The third-order valence-electron chi connectivity index (χ3n) is 2.59. The monoisotopic (exact) mass is 346 g/mol. The van der Waals surface area contributed by atoms with E-state index in [9.17, 15) is 8.42 Å². The minimum atomic E-state index is -3.62. The molecule has 0 saturated carbocycles. The highest BCUT2D eigenvalue weighted by molar-refractivity contribution is 7.89. The molecule has 2 N–H and O–H groups in total. The van der Waals surface area contributed by atoms with Crippen LogP contribution in [0.1, 0.15) is 11.9 Å². The fraction of sp³-hybridized carbons (Fsp3) is 0.333. The van der Waals surface area contributed by atoms with E-state index in [1.54, 1.807) is 6.20 Å². The summed E-state index contributed by atoms with van der Waals surface area (Å²) in [5.74, 6) is 0.473. The molecule has 0 aliphatic rings. The summed E-state index contributed by atoms with van der Waals surface area (Å²) >= 11 is 7.50. The first-order chi connectivity index (χ1) is 10.0. The van der Waals surface area contributed by atoms with E-state index in [4.69, 9.17) is 11.6 Å². The summed E-state index contributed by atoms with van der Waals surface area (Å²) in [5.41, 5.74) is 0. The molecule has 0 amide bonds. The van der Waals surface area contributed by atoms with Gasteiger partial charge in [0.05, 0.1) is 10.0 Å². The van der Waals surface area contributed by atoms with Crippen molar-refractivity contribution in [2.45, 2.75) is 18.2 Å². The van der Waals surface area contributed by atoms with Crippen LogP contribution in [0.4, 0.5) is 5.82 Å². The lowest BCUT2D eigenvalue weighted by Crippen LogP contribution is -2.26. The summed E-state index contributed by atoms with van der Waals surface area (Å²) in [6, 6.07) is 1.39. The Labute approximate surface area is 132 Å². The molecule has 21 heavy (non-hydrogen) atoms. The van der Waals surface area contributed by atoms with Gasteiger partial charge in [-0.05, 0) is 13.0 Å². The average molecular weight is 347 g/mol. The zero-order valence-corrected chi connectivity index (χ0v) is 13.7. The maximum Gasteiger partial charge on any atom is 0.242 e. The highest BCUT2D eigenvalue weighted by Gasteiger charge is 2.16. The molecule has 0 spiro atoms. The number of nitrogens with one attached hydrogen (secondary N) is 2. The zero-order valence-electron chi connectivity index (χ0n) is 11.3. The Hall–Kier alpha value is -1.22. The Bertz CT molecular complexity index is 689. The van der Waals surface area contributed by atoms with Crippen LogP contribution in [0, 0.1) is 0 Å². The fourth-order valence-electron chi connectivity index (χ4n) is 1.62. The van der Waals surface area contributed by atoms with Gasteiger partial charge in [-0.1, -0.05) is 11.6 Å². The molecule has 0 radical (unpaired) electrons. The molecule has 0 bridgehead atoms. The van der Waals surface area contributed by atoms with Crippen molar-refractivity contribution in [3.8, 4) is 0 Å². The number of thiazole rings is 1. The average Bonchev–Trinajstić information content (AvgIpc) is 2.94. The van der Waals surface area contributed by atoms with Crippen LogP contribution in [-0.2, 0) is 16.4 Å². The lowest BCUT2D eigenvalue weighted by Gasteiger charge is -2.08. The smallest absolute Gasteiger partial charge is 0.242 e. The minimum absolute atomic E-state index is 0.0493. The van der Waals surface area contributed by atoms with Crippen LogP contribution in [0.25, 0.3) is 0 Å². The van der Waals surface area contributed by atoms with Crippen molar-refractivity contribution in [2.24, 2.45) is 0 Å². The number of nitrogens with zero attached hydrogens (tertiary/aromatic N) is 2. The number of sulfonamides is 1. The number of hydrogen-bond donors (Lipinski definition) is 2. The third-order valence-corrected chi connectivity index (χ3v) is 5.14. The first kappa shape index (κ1) is 16.2. The second-order valence-corrected chi connectivity index (χ2v) is 7.26. The minimum Gasteiger partial charge on any atom is -0.369 e. The number of anilines is 1. The van der Waals surface area contributed by atoms with Crippen molar-refractivity contribution in [1.29, 1.82) is 0 Å². The van der Waals surface area contributed by atoms with E-state index in [1.165, 1.54) is 23.6 Å². The predicted molar refractivity (Wildman–Crippen MR) is 84.4 cm³/mol. The lowest BCUT2D eigenvalue weighted by atomic mass is 10.4. The van der Waals surface area contributed by atoms with E-state index in [0.717, 1.165) is 5.01 Å². The van der Waals surface area contributed by atoms with Crippen molar-refractivity contribution < 1.29 is 8.42 Å². The summed E-state index contributed by atoms with van der Waals surface area (Å²) in [4.78, 5) is 8.17. The van der Waals surface area contributed by atoms with E-state index in [0.29, 0.717) is 18.8 Å². The summed E-state index contributed by atoms with van der Waals surface area (Å²) in [6.07, 6.45) is 3.53. The largest absolute Gasteiger partial charge is 0.369 e. The van der Waals surface area contributed by atoms with Crippen molar-refractivity contribution in [1.82, 2.24) is 14.7 Å². The molecule has 2 aromatic heterocycles. The maximum absolute atomic E-state index is 12.1. The molecule has 2 rings (SSSR count). The summed E-state index contributed by atoms with van der Waals surface area (Å²) in [5, 5.41) is 5.97. The number of hydrogen-bond acceptors (Lipinski definition) is 6. The molecule has 6 nitrogen and oxygen atoms in total. The normalized spacial score (nSPS) is 11.5. The van der Waals surface area contributed by atoms with Crippen LogP contribution in [0.2, 0.25) is 5.02 Å². The second-order valence-electron chi connectivity index (χ2n) is 4.11. The van der Waals surface area contributed by atoms with Crippen molar-refractivity contribution in [3.05, 3.63) is 33.9 Å². The maximum atomic E-state index is 12.1. The Kier molecular flexibility index (Phi) is 5.51. The molecule has 9 heteroatoms. The molecule has 0 atom stereocenters. The fourth-order valence-corrected chi connectivity index (χ4v) is 3.54. The van der Waals surface area contributed by atoms with E-state index in [-0.39, 0.29) is 16.5 Å². The highest BCUT2D eigenvalue weighted by atomic mass is 35.5. The first-order valence-electron chi connectivity index (χ1n) is 6.30. The molecule has 114 valence electrons. The van der Waals surface area contributed by atoms with Gasteiger partial charge in [0.1, 0.15) is 10.7 Å². The van der Waals surface area contributed by atoms with E-state index in [1.807, 2.05) is 12.3 Å². The Morgan fingerprint density at radius 3 is 2.81 bits per heavy atom. The summed E-state index contributed by atoms with van der Waals surface area (Å²) in [6.45, 7) is 2.84. The molecular weight excluding hydrogens is 332 g/mol. The zero-order chi connectivity index (χ0) is 15.3. The van der Waals surface area contributed by atoms with Crippen LogP contribution in [0.5, 0.6) is 0 Å². The lowest BCUT2D eigenvalue weighted by molar-refractivity contribution is 0.581. The molecular formula is C12H15ClN4O2S2. The molecule has 0 aliphatic heterocycles. The van der Waals surface area contributed by atoms with E-state index in [2.05, 4.69) is 20.0 Å². The summed E-state index contributed by atoms with van der Waals surface area (Å²) in [7, 11) is -3.62. The molecule has 2 aromatic rings. The third kappa shape index (κ3) is 4.37. The number of halogens is 1. The second kappa shape index (κ2) is 7.17. The Morgan fingerprint density at radius 1 is 1.38 bits per heavy atom. The summed E-state index contributed by atoms with van der Waals surface area (Å²) < 4.78 is 26.8. The van der Waals surface area contributed by atoms with Gasteiger partial charge in [0, 0.05) is 37.3 Å². The van der Waals surface area contributed by atoms with Crippen molar-refractivity contribution >= 4 is 38.8 Å². The quantitative estimate of drug-likeness (QED) is 0.802. The SMILES string of the molecule is CCNc1ncc(S(=O)(=O)NCCc2nccs2)cc1Cl. The van der Waals surface area contributed by atoms with Gasteiger partial charge in [0.2, 0.25) is 10.0 Å². The van der Waals surface area contributed by atoms with Crippen LogP contribution in [0.3, 0.4) is 0 Å². The van der Waals surface area contributed by atoms with Gasteiger partial charge < -0.3 is 5.32 Å². The van der Waals surface area contributed by atoms with Crippen LogP contribution < -0.4 is 10.0 Å². The van der Waals surface area contributed by atoms with Crippen LogP contribution >= 0.6 is 22.9 Å². The first-order valence-corrected chi connectivity index (χ1v) is 9.04. The van der Waals surface area contributed by atoms with Gasteiger partial charge in [-0.3, -0.25) is 0 Å². The molecule has 2 heterocycles. The number of aromatic nitrogens is 2. The molecule has 0 aliphatic carbocycles. The number of pyridine rings is 1. The van der Waals surface area contributed by atoms with Gasteiger partial charge >= 0.3 is 0 Å². The Balaban J connectivity index is 2.03. The van der Waals surface area contributed by atoms with Crippen LogP contribution in [-0.4, -0.2) is 31.5 Å².